The third kappa shape index (κ3) is 5.97. The van der Waals surface area contributed by atoms with E-state index in [0.717, 1.165) is 32.4 Å². The van der Waals surface area contributed by atoms with Crippen LogP contribution in [0.1, 0.15) is 49.4 Å². The van der Waals surface area contributed by atoms with Crippen LogP contribution in [0.15, 0.2) is 18.2 Å². The summed E-state index contributed by atoms with van der Waals surface area (Å²) in [5, 5.41) is 15.5. The first-order valence-corrected chi connectivity index (χ1v) is 9.65. The molecule has 1 atom stereocenters. The summed E-state index contributed by atoms with van der Waals surface area (Å²) in [6.07, 6.45) is 4.51. The van der Waals surface area contributed by atoms with Crippen molar-refractivity contribution in [3.8, 4) is 0 Å². The van der Waals surface area contributed by atoms with Crippen molar-refractivity contribution in [3.63, 3.8) is 0 Å². The quantitative estimate of drug-likeness (QED) is 0.604. The zero-order chi connectivity index (χ0) is 18.9. The number of aliphatic hydroxyl groups excluding tert-OH is 1. The second-order valence-electron chi connectivity index (χ2n) is 6.57. The number of piperidine rings is 1. The molecule has 144 valence electrons. The van der Waals surface area contributed by atoms with Crippen LogP contribution in [0.25, 0.3) is 0 Å². The van der Waals surface area contributed by atoms with Gasteiger partial charge < -0.3 is 15.7 Å². The van der Waals surface area contributed by atoms with Crippen molar-refractivity contribution in [1.29, 1.82) is 0 Å². The third-order valence-electron chi connectivity index (χ3n) is 4.69. The number of nitrogens with one attached hydrogen (secondary N) is 2. The molecule has 0 spiro atoms. The van der Waals surface area contributed by atoms with Crippen molar-refractivity contribution in [3.05, 3.63) is 28.8 Å². The monoisotopic (exact) mass is 381 g/mol. The normalized spacial score (nSPS) is 17.7. The largest absolute Gasteiger partial charge is 0.395 e. The molecule has 1 heterocycles. The summed E-state index contributed by atoms with van der Waals surface area (Å²) in [7, 11) is 0. The number of halogens is 1. The van der Waals surface area contributed by atoms with Gasteiger partial charge in [0.15, 0.2) is 0 Å². The van der Waals surface area contributed by atoms with E-state index in [1.54, 1.807) is 25.1 Å². The van der Waals surface area contributed by atoms with E-state index < -0.39 is 0 Å². The molecule has 0 radical (unpaired) electrons. The molecule has 1 aromatic rings. The van der Waals surface area contributed by atoms with Crippen molar-refractivity contribution >= 4 is 29.1 Å². The molecule has 3 N–H and O–H groups in total. The molecule has 0 unspecified atom stereocenters. The van der Waals surface area contributed by atoms with Gasteiger partial charge in [-0.05, 0) is 44.0 Å². The number of likely N-dealkylation sites (tertiary alicyclic amines) is 1. The molecular formula is C19H28ClN3O3. The summed E-state index contributed by atoms with van der Waals surface area (Å²) in [5.41, 5.74) is 0.834. The lowest BCUT2D eigenvalue weighted by Crippen LogP contribution is -2.43. The lowest BCUT2D eigenvalue weighted by atomic mass is 10.0. The van der Waals surface area contributed by atoms with Crippen LogP contribution in [0.4, 0.5) is 5.69 Å². The van der Waals surface area contributed by atoms with E-state index in [0.29, 0.717) is 29.2 Å². The number of hydrogen-bond acceptors (Lipinski definition) is 4. The maximum atomic E-state index is 12.5. The van der Waals surface area contributed by atoms with Gasteiger partial charge in [-0.2, -0.15) is 0 Å². The number of hydrogen-bond donors (Lipinski definition) is 3. The standard InChI is InChI=1S/C19H28ClN3O3/c1-2-18(25)22-17-12-14(20)7-8-16(17)19(26)21-9-5-11-23-10-4-3-6-15(23)13-24/h7-8,12,15,24H,2-6,9-11,13H2,1H3,(H,21,26)(H,22,25)/t15-/m1/s1. The molecule has 0 saturated carbocycles. The zero-order valence-corrected chi connectivity index (χ0v) is 16.0. The third-order valence-corrected chi connectivity index (χ3v) is 4.92. The molecular weight excluding hydrogens is 354 g/mol. The Morgan fingerprint density at radius 1 is 1.35 bits per heavy atom. The van der Waals surface area contributed by atoms with Gasteiger partial charge in [0, 0.05) is 30.6 Å². The number of aliphatic hydroxyl groups is 1. The average molecular weight is 382 g/mol. The second kappa shape index (κ2) is 10.5. The molecule has 6 nitrogen and oxygen atoms in total. The van der Waals surface area contributed by atoms with E-state index in [1.807, 2.05) is 0 Å². The molecule has 1 saturated heterocycles. The van der Waals surface area contributed by atoms with Crippen LogP contribution in [0, 0.1) is 0 Å². The van der Waals surface area contributed by atoms with Crippen LogP contribution in [-0.4, -0.2) is 54.1 Å². The molecule has 0 aromatic heterocycles. The molecule has 1 fully saturated rings. The first-order valence-electron chi connectivity index (χ1n) is 9.27. The highest BCUT2D eigenvalue weighted by Crippen LogP contribution is 2.21. The number of amides is 2. The van der Waals surface area contributed by atoms with Gasteiger partial charge in [-0.1, -0.05) is 24.9 Å². The minimum atomic E-state index is -0.231. The fraction of sp³-hybridized carbons (Fsp3) is 0.579. The SMILES string of the molecule is CCC(=O)Nc1cc(Cl)ccc1C(=O)NCCCN1CCCC[C@@H]1CO. The van der Waals surface area contributed by atoms with Gasteiger partial charge in [0.2, 0.25) is 5.91 Å². The zero-order valence-electron chi connectivity index (χ0n) is 15.3. The smallest absolute Gasteiger partial charge is 0.253 e. The lowest BCUT2D eigenvalue weighted by Gasteiger charge is -2.34. The van der Waals surface area contributed by atoms with Gasteiger partial charge in [-0.25, -0.2) is 0 Å². The number of carbonyl (C=O) groups excluding carboxylic acids is 2. The number of benzene rings is 1. The van der Waals surface area contributed by atoms with E-state index in [2.05, 4.69) is 15.5 Å². The molecule has 0 aliphatic carbocycles. The van der Waals surface area contributed by atoms with Crippen molar-refractivity contribution in [2.75, 3.05) is 31.6 Å². The fourth-order valence-corrected chi connectivity index (χ4v) is 3.37. The number of carbonyl (C=O) groups is 2. The number of anilines is 1. The van der Waals surface area contributed by atoms with Crippen molar-refractivity contribution in [2.24, 2.45) is 0 Å². The molecule has 1 aromatic carbocycles. The van der Waals surface area contributed by atoms with E-state index in [1.165, 1.54) is 6.42 Å². The Balaban J connectivity index is 1.86. The predicted molar refractivity (Wildman–Crippen MR) is 104 cm³/mol. The summed E-state index contributed by atoms with van der Waals surface area (Å²) >= 11 is 5.98. The average Bonchev–Trinajstić information content (AvgIpc) is 2.65. The van der Waals surface area contributed by atoms with E-state index in [-0.39, 0.29) is 24.5 Å². The summed E-state index contributed by atoms with van der Waals surface area (Å²) in [6, 6.07) is 5.09. The van der Waals surface area contributed by atoms with Crippen LogP contribution in [-0.2, 0) is 4.79 Å². The summed E-state index contributed by atoms with van der Waals surface area (Å²) < 4.78 is 0. The highest BCUT2D eigenvalue weighted by atomic mass is 35.5. The topological polar surface area (TPSA) is 81.7 Å². The minimum absolute atomic E-state index is 0.165. The first kappa shape index (κ1) is 20.7. The van der Waals surface area contributed by atoms with Gasteiger partial charge in [0.25, 0.3) is 5.91 Å². The summed E-state index contributed by atoms with van der Waals surface area (Å²) in [5.74, 6) is -0.396. The molecule has 0 bridgehead atoms. The highest BCUT2D eigenvalue weighted by Gasteiger charge is 2.21. The summed E-state index contributed by atoms with van der Waals surface area (Å²) in [6.45, 7) is 4.34. The Labute approximate surface area is 159 Å². The van der Waals surface area contributed by atoms with Crippen molar-refractivity contribution in [2.45, 2.75) is 45.1 Å². The van der Waals surface area contributed by atoms with Crippen LogP contribution in [0.2, 0.25) is 5.02 Å². The summed E-state index contributed by atoms with van der Waals surface area (Å²) in [4.78, 5) is 26.4. The maximum absolute atomic E-state index is 12.5. The minimum Gasteiger partial charge on any atom is -0.395 e. The van der Waals surface area contributed by atoms with Gasteiger partial charge in [-0.15, -0.1) is 0 Å². The van der Waals surface area contributed by atoms with Gasteiger partial charge in [0.05, 0.1) is 17.9 Å². The number of rotatable bonds is 8. The lowest BCUT2D eigenvalue weighted by molar-refractivity contribution is -0.115. The predicted octanol–water partition coefficient (Wildman–Crippen LogP) is 2.66. The fourth-order valence-electron chi connectivity index (χ4n) is 3.20. The number of nitrogens with zero attached hydrogens (tertiary/aromatic N) is 1. The molecule has 1 aliphatic heterocycles. The molecule has 2 amide bonds. The first-order chi connectivity index (χ1) is 12.5. The van der Waals surface area contributed by atoms with Crippen molar-refractivity contribution in [1.82, 2.24) is 10.2 Å². The Kier molecular flexibility index (Phi) is 8.35. The highest BCUT2D eigenvalue weighted by molar-refractivity contribution is 6.31. The molecule has 1 aliphatic rings. The van der Waals surface area contributed by atoms with Crippen LogP contribution < -0.4 is 10.6 Å². The molecule has 2 rings (SSSR count). The van der Waals surface area contributed by atoms with Crippen LogP contribution in [0.3, 0.4) is 0 Å². The Morgan fingerprint density at radius 2 is 2.15 bits per heavy atom. The van der Waals surface area contributed by atoms with Gasteiger partial charge >= 0.3 is 0 Å². The van der Waals surface area contributed by atoms with Crippen LogP contribution >= 0.6 is 11.6 Å². The van der Waals surface area contributed by atoms with E-state index in [9.17, 15) is 14.7 Å². The van der Waals surface area contributed by atoms with Crippen LogP contribution in [0.5, 0.6) is 0 Å². The Morgan fingerprint density at radius 3 is 2.88 bits per heavy atom. The van der Waals surface area contributed by atoms with E-state index >= 15 is 0 Å². The van der Waals surface area contributed by atoms with Gasteiger partial charge in [0.1, 0.15) is 0 Å². The molecule has 7 heteroatoms. The van der Waals surface area contributed by atoms with Crippen molar-refractivity contribution < 1.29 is 14.7 Å². The molecule has 26 heavy (non-hydrogen) atoms. The van der Waals surface area contributed by atoms with E-state index in [4.69, 9.17) is 11.6 Å². The second-order valence-corrected chi connectivity index (χ2v) is 7.01. The Bertz CT molecular complexity index is 624. The maximum Gasteiger partial charge on any atom is 0.253 e. The van der Waals surface area contributed by atoms with Gasteiger partial charge in [-0.3, -0.25) is 14.5 Å². The Hall–Kier alpha value is -1.63.